The lowest BCUT2D eigenvalue weighted by Crippen LogP contribution is -1.94. The van der Waals surface area contributed by atoms with Crippen molar-refractivity contribution < 1.29 is 0 Å². The van der Waals surface area contributed by atoms with Crippen LogP contribution in [0.2, 0.25) is 0 Å². The van der Waals surface area contributed by atoms with Crippen LogP contribution in [0.4, 0.5) is 0 Å². The van der Waals surface area contributed by atoms with Gasteiger partial charge in [-0.1, -0.05) is 249 Å². The minimum atomic E-state index is 1.16. The van der Waals surface area contributed by atoms with E-state index in [9.17, 15) is 0 Å². The monoisotopic (exact) mass is 984 g/mol. The zero-order chi connectivity index (χ0) is 51.3. The summed E-state index contributed by atoms with van der Waals surface area (Å²) in [4.78, 5) is 0. The Bertz CT molecular complexity index is 4750. The van der Waals surface area contributed by atoms with Crippen molar-refractivity contribution in [1.82, 2.24) is 0 Å². The van der Waals surface area contributed by atoms with Gasteiger partial charge in [-0.05, 0) is 207 Å². The number of rotatable bonds is 7. The highest BCUT2D eigenvalue weighted by molar-refractivity contribution is 6.27. The molecule has 0 aromatic heterocycles. The molecular weight excluding hydrogens is 937 g/mol. The quantitative estimate of drug-likeness (QED) is 0.110. The van der Waals surface area contributed by atoms with Gasteiger partial charge in [0.25, 0.3) is 0 Å². The molecule has 0 N–H and O–H groups in total. The molecular formula is C78H48. The number of fused-ring (bicyclic) bond motifs is 5. The normalized spacial score (nSPS) is 11.8. The van der Waals surface area contributed by atoms with Gasteiger partial charge >= 0.3 is 0 Å². The topological polar surface area (TPSA) is 0 Å². The highest BCUT2D eigenvalue weighted by atomic mass is 14.3. The maximum Gasteiger partial charge on any atom is -0.00206 e. The largest absolute Gasteiger partial charge is 0.0622 e. The lowest BCUT2D eigenvalue weighted by atomic mass is 9.82. The fourth-order valence-electron chi connectivity index (χ4n) is 13.3. The lowest BCUT2D eigenvalue weighted by molar-refractivity contribution is 1.58. The van der Waals surface area contributed by atoms with Crippen LogP contribution in [0, 0.1) is 0 Å². The molecule has 0 heterocycles. The molecule has 0 nitrogen and oxygen atoms in total. The van der Waals surface area contributed by atoms with Gasteiger partial charge in [0.05, 0.1) is 0 Å². The van der Waals surface area contributed by atoms with Crippen LogP contribution in [0.1, 0.15) is 0 Å². The Hall–Kier alpha value is -10.1. The first-order chi connectivity index (χ1) is 38.7. The second-order valence-corrected chi connectivity index (χ2v) is 21.0. The predicted molar refractivity (Wildman–Crippen MR) is 336 cm³/mol. The van der Waals surface area contributed by atoms with Crippen LogP contribution in [-0.4, -0.2) is 0 Å². The van der Waals surface area contributed by atoms with E-state index in [2.05, 4.69) is 291 Å². The Kier molecular flexibility index (Phi) is 10.0. The van der Waals surface area contributed by atoms with Crippen LogP contribution in [0.5, 0.6) is 0 Å². The summed E-state index contributed by atoms with van der Waals surface area (Å²) in [5.41, 5.74) is 16.9. The average molecular weight is 985 g/mol. The molecule has 0 aliphatic carbocycles. The molecule has 0 saturated carbocycles. The summed E-state index contributed by atoms with van der Waals surface area (Å²) in [6, 6.07) is 109. The molecule has 0 radical (unpaired) electrons. The molecule has 0 saturated heterocycles. The SMILES string of the molecule is c1ccc(-c2c3ccccc3c(-c3cc(-c4cc(-c5ccc6ccccc6c5)cc(-c5ccc6ccc7cccc8ccc5c6c78)c4)cc(-c4c5ccccc5c(-c5ccccc5)c5ccccc45)c3)c3ccccc23)cc1. The minimum Gasteiger partial charge on any atom is -0.0622 e. The van der Waals surface area contributed by atoms with Crippen LogP contribution in [0.15, 0.2) is 291 Å². The molecule has 0 fully saturated rings. The van der Waals surface area contributed by atoms with Crippen LogP contribution < -0.4 is 0 Å². The summed E-state index contributed by atoms with van der Waals surface area (Å²) < 4.78 is 0. The van der Waals surface area contributed by atoms with Crippen molar-refractivity contribution in [2.24, 2.45) is 0 Å². The first kappa shape index (κ1) is 44.2. The fourth-order valence-corrected chi connectivity index (χ4v) is 13.3. The Morgan fingerprint density at radius 3 is 0.974 bits per heavy atom. The van der Waals surface area contributed by atoms with Gasteiger partial charge in [0, 0.05) is 0 Å². The van der Waals surface area contributed by atoms with Crippen molar-refractivity contribution in [3.63, 3.8) is 0 Å². The standard InChI is InChI=1S/C78H48/c1-3-19-50(20-4-1)74-64-26-9-13-30-68(64)76(69-31-14-10-27-65(69)74)61-46-59(47-62(48-61)77-70-32-15-11-28-66(70)75(51-21-5-2-6-22-51)67-29-12-16-33-71(67)77)58-43-57(56-37-34-49-18-7-8-23-55(49)42-56)44-60(45-58)63-40-38-54-36-35-52-24-17-25-53-39-41-72(63)78(54)73(52)53/h1-48H. The van der Waals surface area contributed by atoms with E-state index in [1.165, 1.54) is 153 Å². The third-order valence-corrected chi connectivity index (χ3v) is 16.7. The summed E-state index contributed by atoms with van der Waals surface area (Å²) in [7, 11) is 0. The van der Waals surface area contributed by atoms with E-state index in [-0.39, 0.29) is 0 Å². The molecule has 16 aromatic carbocycles. The molecule has 0 bridgehead atoms. The van der Waals surface area contributed by atoms with Gasteiger partial charge < -0.3 is 0 Å². The van der Waals surface area contributed by atoms with Crippen LogP contribution in [0.3, 0.4) is 0 Å². The first-order valence-electron chi connectivity index (χ1n) is 27.1. The Balaban J connectivity index is 1.03. The van der Waals surface area contributed by atoms with E-state index in [4.69, 9.17) is 0 Å². The molecule has 0 spiro atoms. The summed E-state index contributed by atoms with van der Waals surface area (Å²) in [5, 5.41) is 20.0. The van der Waals surface area contributed by atoms with Crippen LogP contribution >= 0.6 is 0 Å². The van der Waals surface area contributed by atoms with Gasteiger partial charge in [0.2, 0.25) is 0 Å². The van der Waals surface area contributed by atoms with Crippen LogP contribution in [0.25, 0.3) is 164 Å². The van der Waals surface area contributed by atoms with E-state index in [1.54, 1.807) is 0 Å². The highest BCUT2D eigenvalue weighted by Gasteiger charge is 2.22. The molecule has 0 aliphatic rings. The molecule has 16 aromatic rings. The molecule has 0 heteroatoms. The Morgan fingerprint density at radius 1 is 0.141 bits per heavy atom. The van der Waals surface area contributed by atoms with Gasteiger partial charge in [-0.3, -0.25) is 0 Å². The molecule has 360 valence electrons. The molecule has 0 amide bonds. The minimum absolute atomic E-state index is 1.16. The van der Waals surface area contributed by atoms with Gasteiger partial charge in [0.15, 0.2) is 0 Å². The predicted octanol–water partition coefficient (Wildman–Crippen LogP) is 22.0. The summed E-state index contributed by atoms with van der Waals surface area (Å²) in [6.45, 7) is 0. The van der Waals surface area contributed by atoms with Gasteiger partial charge in [-0.2, -0.15) is 0 Å². The highest BCUT2D eigenvalue weighted by Crippen LogP contribution is 2.50. The number of hydrogen-bond acceptors (Lipinski definition) is 0. The van der Waals surface area contributed by atoms with Gasteiger partial charge in [-0.25, -0.2) is 0 Å². The van der Waals surface area contributed by atoms with E-state index < -0.39 is 0 Å². The number of benzene rings is 16. The third-order valence-electron chi connectivity index (χ3n) is 16.7. The maximum atomic E-state index is 2.49. The van der Waals surface area contributed by atoms with Gasteiger partial charge in [0.1, 0.15) is 0 Å². The maximum absolute atomic E-state index is 2.49. The Labute approximate surface area is 452 Å². The summed E-state index contributed by atoms with van der Waals surface area (Å²) in [6.07, 6.45) is 0. The van der Waals surface area contributed by atoms with E-state index >= 15 is 0 Å². The van der Waals surface area contributed by atoms with Crippen molar-refractivity contribution in [3.8, 4) is 77.9 Å². The summed E-state index contributed by atoms with van der Waals surface area (Å²) in [5.74, 6) is 0. The van der Waals surface area contributed by atoms with E-state index in [1.807, 2.05) is 0 Å². The van der Waals surface area contributed by atoms with Gasteiger partial charge in [-0.15, -0.1) is 0 Å². The molecule has 78 heavy (non-hydrogen) atoms. The zero-order valence-corrected chi connectivity index (χ0v) is 42.7. The van der Waals surface area contributed by atoms with Crippen molar-refractivity contribution in [2.75, 3.05) is 0 Å². The van der Waals surface area contributed by atoms with Crippen molar-refractivity contribution in [3.05, 3.63) is 291 Å². The average Bonchev–Trinajstić information content (AvgIpc) is 3.66. The third kappa shape index (κ3) is 7.01. The van der Waals surface area contributed by atoms with E-state index in [0.29, 0.717) is 0 Å². The molecule has 0 atom stereocenters. The van der Waals surface area contributed by atoms with Crippen LogP contribution in [-0.2, 0) is 0 Å². The van der Waals surface area contributed by atoms with Crippen molar-refractivity contribution in [2.45, 2.75) is 0 Å². The number of hydrogen-bond donors (Lipinski definition) is 0. The molecule has 0 unspecified atom stereocenters. The zero-order valence-electron chi connectivity index (χ0n) is 42.7. The fraction of sp³-hybridized carbons (Fsp3) is 0. The Morgan fingerprint density at radius 2 is 0.474 bits per heavy atom. The van der Waals surface area contributed by atoms with E-state index in [0.717, 1.165) is 11.1 Å². The second-order valence-electron chi connectivity index (χ2n) is 21.0. The smallest absolute Gasteiger partial charge is 0.00206 e. The molecule has 16 rings (SSSR count). The molecule has 0 aliphatic heterocycles. The first-order valence-corrected chi connectivity index (χ1v) is 27.1. The summed E-state index contributed by atoms with van der Waals surface area (Å²) >= 11 is 0. The lowest BCUT2D eigenvalue weighted by Gasteiger charge is -2.21. The van der Waals surface area contributed by atoms with Crippen molar-refractivity contribution >= 4 is 86.2 Å². The van der Waals surface area contributed by atoms with Crippen molar-refractivity contribution in [1.29, 1.82) is 0 Å². The second kappa shape index (κ2) is 17.7.